The Bertz CT molecular complexity index is 860. The molecule has 1 aliphatic carbocycles. The summed E-state index contributed by atoms with van der Waals surface area (Å²) in [7, 11) is -1.49. The second kappa shape index (κ2) is 6.02. The number of fused-ring (bicyclic) bond motifs is 1. The Morgan fingerprint density at radius 1 is 1.12 bits per heavy atom. The van der Waals surface area contributed by atoms with Crippen LogP contribution in [-0.2, 0) is 14.8 Å². The van der Waals surface area contributed by atoms with Crippen molar-refractivity contribution in [2.75, 3.05) is 26.8 Å². The van der Waals surface area contributed by atoms with E-state index < -0.39 is 10.0 Å². The third-order valence-corrected chi connectivity index (χ3v) is 7.14. The highest BCUT2D eigenvalue weighted by Gasteiger charge is 2.42. The monoisotopic (exact) mass is 347 g/mol. The third-order valence-electron chi connectivity index (χ3n) is 4.78. The molecule has 2 aromatic rings. The molecule has 5 nitrogen and oxygen atoms in total. The molecule has 1 saturated heterocycles. The molecule has 0 amide bonds. The summed E-state index contributed by atoms with van der Waals surface area (Å²) in [6.07, 6.45) is 1.38. The van der Waals surface area contributed by atoms with Gasteiger partial charge < -0.3 is 9.47 Å². The SMILES string of the molecule is COc1ccc2cc([C@H]3CN(S(=O)(=O)C4CC4)CCO3)ccc2c1. The van der Waals surface area contributed by atoms with Crippen molar-refractivity contribution in [3.05, 3.63) is 42.0 Å². The molecule has 0 radical (unpaired) electrons. The van der Waals surface area contributed by atoms with Crippen LogP contribution in [0.4, 0.5) is 0 Å². The highest BCUT2D eigenvalue weighted by Crippen LogP contribution is 2.34. The first-order chi connectivity index (χ1) is 11.6. The minimum absolute atomic E-state index is 0.166. The topological polar surface area (TPSA) is 55.8 Å². The molecular weight excluding hydrogens is 326 g/mol. The van der Waals surface area contributed by atoms with Gasteiger partial charge in [-0.2, -0.15) is 4.31 Å². The van der Waals surface area contributed by atoms with Gasteiger partial charge >= 0.3 is 0 Å². The van der Waals surface area contributed by atoms with Gasteiger partial charge in [0.15, 0.2) is 0 Å². The number of benzene rings is 2. The van der Waals surface area contributed by atoms with Crippen LogP contribution >= 0.6 is 0 Å². The van der Waals surface area contributed by atoms with E-state index in [0.29, 0.717) is 19.7 Å². The lowest BCUT2D eigenvalue weighted by atomic mass is 10.0. The van der Waals surface area contributed by atoms with Crippen LogP contribution in [0.2, 0.25) is 0 Å². The van der Waals surface area contributed by atoms with Crippen molar-refractivity contribution in [3.63, 3.8) is 0 Å². The molecule has 4 rings (SSSR count). The van der Waals surface area contributed by atoms with Gasteiger partial charge in [0, 0.05) is 13.1 Å². The maximum atomic E-state index is 12.5. The Kier molecular flexibility index (Phi) is 3.98. The molecule has 2 aromatic carbocycles. The molecular formula is C18H21NO4S. The molecule has 6 heteroatoms. The molecule has 0 unspecified atom stereocenters. The van der Waals surface area contributed by atoms with Crippen LogP contribution < -0.4 is 4.74 Å². The van der Waals surface area contributed by atoms with E-state index in [9.17, 15) is 8.42 Å². The maximum Gasteiger partial charge on any atom is 0.217 e. The van der Waals surface area contributed by atoms with Gasteiger partial charge in [0.05, 0.1) is 25.1 Å². The summed E-state index contributed by atoms with van der Waals surface area (Å²) in [4.78, 5) is 0. The van der Waals surface area contributed by atoms with Gasteiger partial charge in [0.1, 0.15) is 5.75 Å². The van der Waals surface area contributed by atoms with Crippen molar-refractivity contribution in [2.45, 2.75) is 24.2 Å². The standard InChI is InChI=1S/C18H21NO4S/c1-22-16-5-4-13-10-15(3-2-14(13)11-16)18-12-19(8-9-23-18)24(20,21)17-6-7-17/h2-5,10-11,17-18H,6-9,12H2,1H3/t18-/m1/s1. The molecule has 0 N–H and O–H groups in total. The van der Waals surface area contributed by atoms with Crippen molar-refractivity contribution in [1.82, 2.24) is 4.31 Å². The molecule has 0 aromatic heterocycles. The minimum Gasteiger partial charge on any atom is -0.497 e. The van der Waals surface area contributed by atoms with Crippen molar-refractivity contribution < 1.29 is 17.9 Å². The Balaban J connectivity index is 1.59. The van der Waals surface area contributed by atoms with E-state index in [1.807, 2.05) is 30.3 Å². The van der Waals surface area contributed by atoms with E-state index in [0.717, 1.165) is 34.9 Å². The van der Waals surface area contributed by atoms with Crippen molar-refractivity contribution in [2.24, 2.45) is 0 Å². The Morgan fingerprint density at radius 3 is 2.62 bits per heavy atom. The van der Waals surface area contributed by atoms with E-state index in [1.54, 1.807) is 11.4 Å². The smallest absolute Gasteiger partial charge is 0.217 e. The largest absolute Gasteiger partial charge is 0.497 e. The van der Waals surface area contributed by atoms with Crippen molar-refractivity contribution >= 4 is 20.8 Å². The van der Waals surface area contributed by atoms with Crippen LogP contribution in [0.3, 0.4) is 0 Å². The van der Waals surface area contributed by atoms with Gasteiger partial charge in [-0.3, -0.25) is 0 Å². The molecule has 0 bridgehead atoms. The van der Waals surface area contributed by atoms with Crippen LogP contribution in [0.25, 0.3) is 10.8 Å². The Labute approximate surface area is 142 Å². The quantitative estimate of drug-likeness (QED) is 0.853. The number of hydrogen-bond acceptors (Lipinski definition) is 4. The van der Waals surface area contributed by atoms with E-state index in [2.05, 4.69) is 6.07 Å². The van der Waals surface area contributed by atoms with Gasteiger partial charge in [0.2, 0.25) is 10.0 Å². The molecule has 2 aliphatic rings. The minimum atomic E-state index is -3.14. The predicted octanol–water partition coefficient (Wildman–Crippen LogP) is 2.71. The van der Waals surface area contributed by atoms with Crippen LogP contribution in [0, 0.1) is 0 Å². The molecule has 1 atom stereocenters. The van der Waals surface area contributed by atoms with E-state index >= 15 is 0 Å². The van der Waals surface area contributed by atoms with Crippen LogP contribution in [-0.4, -0.2) is 44.8 Å². The summed E-state index contributed by atoms with van der Waals surface area (Å²) in [5.74, 6) is 0.825. The zero-order chi connectivity index (χ0) is 16.7. The number of nitrogens with zero attached hydrogens (tertiary/aromatic N) is 1. The summed E-state index contributed by atoms with van der Waals surface area (Å²) in [6, 6.07) is 12.1. The fraction of sp³-hybridized carbons (Fsp3) is 0.444. The third kappa shape index (κ3) is 2.90. The Morgan fingerprint density at radius 2 is 1.88 bits per heavy atom. The summed E-state index contributed by atoms with van der Waals surface area (Å²) >= 11 is 0. The highest BCUT2D eigenvalue weighted by atomic mass is 32.2. The molecule has 128 valence electrons. The van der Waals surface area contributed by atoms with Gasteiger partial charge in [0.25, 0.3) is 0 Å². The zero-order valence-electron chi connectivity index (χ0n) is 13.6. The van der Waals surface area contributed by atoms with E-state index in [-0.39, 0.29) is 11.4 Å². The lowest BCUT2D eigenvalue weighted by molar-refractivity contribution is -0.00253. The highest BCUT2D eigenvalue weighted by molar-refractivity contribution is 7.90. The van der Waals surface area contributed by atoms with Crippen LogP contribution in [0.15, 0.2) is 36.4 Å². The lowest BCUT2D eigenvalue weighted by Crippen LogP contribution is -2.43. The molecule has 0 spiro atoms. The van der Waals surface area contributed by atoms with Crippen molar-refractivity contribution in [1.29, 1.82) is 0 Å². The van der Waals surface area contributed by atoms with E-state index in [1.165, 1.54) is 0 Å². The normalized spacial score (nSPS) is 22.6. The zero-order valence-corrected chi connectivity index (χ0v) is 14.5. The average Bonchev–Trinajstić information content (AvgIpc) is 3.46. The summed E-state index contributed by atoms with van der Waals surface area (Å²) in [5, 5.41) is 2.02. The number of sulfonamides is 1. The number of hydrogen-bond donors (Lipinski definition) is 0. The number of ether oxygens (including phenoxy) is 2. The number of methoxy groups -OCH3 is 1. The molecule has 24 heavy (non-hydrogen) atoms. The van der Waals surface area contributed by atoms with Gasteiger partial charge in [-0.1, -0.05) is 18.2 Å². The van der Waals surface area contributed by atoms with Crippen LogP contribution in [0.1, 0.15) is 24.5 Å². The first kappa shape index (κ1) is 15.9. The molecule has 1 saturated carbocycles. The first-order valence-electron chi connectivity index (χ1n) is 8.26. The Hall–Kier alpha value is -1.63. The van der Waals surface area contributed by atoms with Crippen molar-refractivity contribution in [3.8, 4) is 5.75 Å². The van der Waals surface area contributed by atoms with Gasteiger partial charge in [-0.25, -0.2) is 8.42 Å². The summed E-state index contributed by atoms with van der Waals surface area (Å²) < 4.78 is 37.6. The van der Waals surface area contributed by atoms with Gasteiger partial charge in [-0.05, 0) is 47.4 Å². The molecule has 2 fully saturated rings. The molecule has 1 aliphatic heterocycles. The second-order valence-corrected chi connectivity index (χ2v) is 8.65. The first-order valence-corrected chi connectivity index (χ1v) is 9.76. The summed E-state index contributed by atoms with van der Waals surface area (Å²) in [6.45, 7) is 1.30. The second-order valence-electron chi connectivity index (χ2n) is 6.43. The van der Waals surface area contributed by atoms with Gasteiger partial charge in [-0.15, -0.1) is 0 Å². The van der Waals surface area contributed by atoms with E-state index in [4.69, 9.17) is 9.47 Å². The number of rotatable bonds is 4. The maximum absolute atomic E-state index is 12.5. The number of morpholine rings is 1. The average molecular weight is 347 g/mol. The van der Waals surface area contributed by atoms with Crippen LogP contribution in [0.5, 0.6) is 5.75 Å². The lowest BCUT2D eigenvalue weighted by Gasteiger charge is -2.32. The summed E-state index contributed by atoms with van der Waals surface area (Å²) in [5.41, 5.74) is 1.02. The fourth-order valence-electron chi connectivity index (χ4n) is 3.20. The predicted molar refractivity (Wildman–Crippen MR) is 92.7 cm³/mol. The molecule has 1 heterocycles. The fourth-order valence-corrected chi connectivity index (χ4v) is 5.03.